The van der Waals surface area contributed by atoms with Crippen LogP contribution in [0.4, 0.5) is 9.18 Å². The van der Waals surface area contributed by atoms with Crippen molar-refractivity contribution in [2.75, 3.05) is 32.4 Å². The Bertz CT molecular complexity index is 670. The number of hydrogen-bond acceptors (Lipinski definition) is 4. The summed E-state index contributed by atoms with van der Waals surface area (Å²) in [5.74, 6) is 1.33. The van der Waals surface area contributed by atoms with E-state index < -0.39 is 11.7 Å². The van der Waals surface area contributed by atoms with Crippen molar-refractivity contribution in [3.63, 3.8) is 0 Å². The fourth-order valence-electron chi connectivity index (χ4n) is 2.76. The van der Waals surface area contributed by atoms with Crippen LogP contribution in [0.2, 0.25) is 0 Å². The summed E-state index contributed by atoms with van der Waals surface area (Å²) in [5.41, 5.74) is -0.504. The number of nitrogens with zero attached hydrogens (tertiary/aromatic N) is 2. The van der Waals surface area contributed by atoms with Gasteiger partial charge >= 0.3 is 6.09 Å². The van der Waals surface area contributed by atoms with Gasteiger partial charge in [0.25, 0.3) is 0 Å². The molecule has 0 spiro atoms. The van der Waals surface area contributed by atoms with Crippen molar-refractivity contribution >= 4 is 47.8 Å². The number of aliphatic imine (C=N–C) groups is 1. The molecule has 1 atom stereocenters. The van der Waals surface area contributed by atoms with Gasteiger partial charge in [-0.3, -0.25) is 4.99 Å². The Morgan fingerprint density at radius 3 is 2.75 bits per heavy atom. The Morgan fingerprint density at radius 2 is 2.11 bits per heavy atom. The van der Waals surface area contributed by atoms with Crippen molar-refractivity contribution in [1.29, 1.82) is 0 Å². The SMILES string of the molecule is CN=C(NCCSc1ccccc1F)N1CCC(NC(=O)OC(C)(C)C)C1.I. The zero-order valence-corrected chi connectivity index (χ0v) is 20.0. The number of guanidine groups is 1. The number of alkyl carbamates (subject to hydrolysis) is 1. The Morgan fingerprint density at radius 1 is 1.39 bits per heavy atom. The summed E-state index contributed by atoms with van der Waals surface area (Å²) in [6, 6.07) is 6.80. The average molecular weight is 524 g/mol. The number of carbonyl (C=O) groups is 1. The van der Waals surface area contributed by atoms with Crippen LogP contribution >= 0.6 is 35.7 Å². The summed E-state index contributed by atoms with van der Waals surface area (Å²) >= 11 is 1.47. The lowest BCUT2D eigenvalue weighted by atomic mass is 10.2. The highest BCUT2D eigenvalue weighted by Gasteiger charge is 2.27. The van der Waals surface area contributed by atoms with Gasteiger partial charge in [0.1, 0.15) is 11.4 Å². The summed E-state index contributed by atoms with van der Waals surface area (Å²) in [7, 11) is 1.74. The standard InChI is InChI=1S/C19H29FN4O2S.HI/c1-19(2,3)26-18(25)23-14-9-11-24(13-14)17(21-4)22-10-12-27-16-8-6-5-7-15(16)20;/h5-8,14H,9-13H2,1-4H3,(H,21,22)(H,23,25);1H. The molecule has 1 saturated heterocycles. The fourth-order valence-corrected chi connectivity index (χ4v) is 3.57. The number of hydrogen-bond donors (Lipinski definition) is 2. The highest BCUT2D eigenvalue weighted by Crippen LogP contribution is 2.20. The lowest BCUT2D eigenvalue weighted by Crippen LogP contribution is -2.44. The van der Waals surface area contributed by atoms with Gasteiger partial charge < -0.3 is 20.3 Å². The Hall–Kier alpha value is -1.23. The zero-order chi connectivity index (χ0) is 19.9. The van der Waals surface area contributed by atoms with Gasteiger partial charge in [0, 0.05) is 37.3 Å². The van der Waals surface area contributed by atoms with Crippen LogP contribution in [0.15, 0.2) is 34.2 Å². The number of amides is 1. The zero-order valence-electron chi connectivity index (χ0n) is 16.8. The molecule has 2 N–H and O–H groups in total. The van der Waals surface area contributed by atoms with Gasteiger partial charge in [-0.15, -0.1) is 35.7 Å². The molecule has 1 fully saturated rings. The van der Waals surface area contributed by atoms with E-state index in [1.165, 1.54) is 17.8 Å². The van der Waals surface area contributed by atoms with E-state index in [0.717, 1.165) is 24.7 Å². The maximum Gasteiger partial charge on any atom is 0.407 e. The molecule has 0 bridgehead atoms. The lowest BCUT2D eigenvalue weighted by molar-refractivity contribution is 0.0507. The van der Waals surface area contributed by atoms with Crippen molar-refractivity contribution in [1.82, 2.24) is 15.5 Å². The van der Waals surface area contributed by atoms with Crippen LogP contribution in [0, 0.1) is 5.82 Å². The van der Waals surface area contributed by atoms with E-state index in [1.54, 1.807) is 19.2 Å². The van der Waals surface area contributed by atoms with Crippen LogP contribution in [0.5, 0.6) is 0 Å². The number of benzene rings is 1. The van der Waals surface area contributed by atoms with Crippen molar-refractivity contribution in [2.24, 2.45) is 4.99 Å². The Labute approximate surface area is 188 Å². The maximum absolute atomic E-state index is 13.6. The minimum Gasteiger partial charge on any atom is -0.444 e. The van der Waals surface area contributed by atoms with Crippen LogP contribution < -0.4 is 10.6 Å². The number of nitrogens with one attached hydrogen (secondary N) is 2. The van der Waals surface area contributed by atoms with Gasteiger partial charge in [0.05, 0.1) is 6.04 Å². The maximum atomic E-state index is 13.6. The first-order chi connectivity index (χ1) is 12.8. The summed E-state index contributed by atoms with van der Waals surface area (Å²) in [6.45, 7) is 7.70. The van der Waals surface area contributed by atoms with Crippen molar-refractivity contribution < 1.29 is 13.9 Å². The van der Waals surface area contributed by atoms with Gasteiger partial charge in [-0.25, -0.2) is 9.18 Å². The lowest BCUT2D eigenvalue weighted by Gasteiger charge is -2.23. The van der Waals surface area contributed by atoms with E-state index in [4.69, 9.17) is 4.74 Å². The molecule has 1 aromatic rings. The first-order valence-electron chi connectivity index (χ1n) is 9.11. The van der Waals surface area contributed by atoms with Crippen LogP contribution in [-0.2, 0) is 4.74 Å². The van der Waals surface area contributed by atoms with Gasteiger partial charge in [-0.1, -0.05) is 12.1 Å². The number of thioether (sulfide) groups is 1. The van der Waals surface area contributed by atoms with E-state index in [2.05, 4.69) is 20.5 Å². The van der Waals surface area contributed by atoms with Crippen LogP contribution in [0.1, 0.15) is 27.2 Å². The third-order valence-corrected chi connectivity index (χ3v) is 4.95. The molecule has 2 rings (SSSR count). The summed E-state index contributed by atoms with van der Waals surface area (Å²) in [5, 5.41) is 6.21. The summed E-state index contributed by atoms with van der Waals surface area (Å²) in [6.07, 6.45) is 0.447. The monoisotopic (exact) mass is 524 g/mol. The quantitative estimate of drug-likeness (QED) is 0.202. The Balaban J connectivity index is 0.00000392. The van der Waals surface area contributed by atoms with E-state index in [-0.39, 0.29) is 35.8 Å². The molecule has 1 unspecified atom stereocenters. The van der Waals surface area contributed by atoms with Crippen LogP contribution in [-0.4, -0.2) is 61.0 Å². The molecule has 1 aliphatic heterocycles. The topological polar surface area (TPSA) is 66.0 Å². The number of likely N-dealkylation sites (tertiary alicyclic amines) is 1. The van der Waals surface area contributed by atoms with Crippen molar-refractivity contribution in [2.45, 2.75) is 43.7 Å². The first kappa shape index (κ1) is 24.8. The van der Waals surface area contributed by atoms with E-state index in [1.807, 2.05) is 26.8 Å². The van der Waals surface area contributed by atoms with E-state index in [9.17, 15) is 9.18 Å². The van der Waals surface area contributed by atoms with E-state index >= 15 is 0 Å². The molecule has 0 saturated carbocycles. The molecule has 0 radical (unpaired) electrons. The third-order valence-electron chi connectivity index (χ3n) is 3.90. The second-order valence-corrected chi connectivity index (χ2v) is 8.47. The van der Waals surface area contributed by atoms with Crippen molar-refractivity contribution in [3.8, 4) is 0 Å². The molecule has 1 amide bonds. The third kappa shape index (κ3) is 8.42. The fraction of sp³-hybridized carbons (Fsp3) is 0.579. The number of carbonyl (C=O) groups excluding carboxylic acids is 1. The second-order valence-electron chi connectivity index (χ2n) is 7.33. The summed E-state index contributed by atoms with van der Waals surface area (Å²) in [4.78, 5) is 19.0. The first-order valence-corrected chi connectivity index (χ1v) is 10.1. The van der Waals surface area contributed by atoms with Gasteiger partial charge in [-0.2, -0.15) is 0 Å². The largest absolute Gasteiger partial charge is 0.444 e. The molecule has 28 heavy (non-hydrogen) atoms. The molecule has 0 aliphatic carbocycles. The van der Waals surface area contributed by atoms with Gasteiger partial charge in [-0.05, 0) is 39.3 Å². The molecule has 1 aliphatic rings. The van der Waals surface area contributed by atoms with E-state index in [0.29, 0.717) is 18.0 Å². The smallest absolute Gasteiger partial charge is 0.407 e. The Kier molecular flexibility index (Phi) is 10.4. The number of rotatable bonds is 5. The predicted molar refractivity (Wildman–Crippen MR) is 123 cm³/mol. The molecule has 1 aromatic carbocycles. The summed E-state index contributed by atoms with van der Waals surface area (Å²) < 4.78 is 18.9. The van der Waals surface area contributed by atoms with Gasteiger partial charge in [0.15, 0.2) is 5.96 Å². The second kappa shape index (κ2) is 11.7. The number of halogens is 2. The normalized spacial score (nSPS) is 17.1. The highest BCUT2D eigenvalue weighted by atomic mass is 127. The minimum atomic E-state index is -0.504. The molecular weight excluding hydrogens is 494 g/mol. The average Bonchev–Trinajstić information content (AvgIpc) is 3.02. The molecule has 9 heteroatoms. The highest BCUT2D eigenvalue weighted by molar-refractivity contribution is 14.0. The number of ether oxygens (including phenoxy) is 1. The minimum absolute atomic E-state index is 0. The molecule has 1 heterocycles. The van der Waals surface area contributed by atoms with Crippen molar-refractivity contribution in [3.05, 3.63) is 30.1 Å². The molecular formula is C19H30FIN4O2S. The van der Waals surface area contributed by atoms with Crippen LogP contribution in [0.3, 0.4) is 0 Å². The van der Waals surface area contributed by atoms with Crippen LogP contribution in [0.25, 0.3) is 0 Å². The van der Waals surface area contributed by atoms with Gasteiger partial charge in [0.2, 0.25) is 0 Å². The molecule has 0 aromatic heterocycles. The predicted octanol–water partition coefficient (Wildman–Crippen LogP) is 3.71. The molecule has 158 valence electrons. The molecule has 6 nitrogen and oxygen atoms in total.